The molecule has 0 atom stereocenters. The molecule has 2 aromatic rings. The number of rotatable bonds is 6. The van der Waals surface area contributed by atoms with Crippen LogP contribution in [0.3, 0.4) is 0 Å². The van der Waals surface area contributed by atoms with Crippen LogP contribution in [-0.4, -0.2) is 46.3 Å². The fourth-order valence-electron chi connectivity index (χ4n) is 2.24. The van der Waals surface area contributed by atoms with E-state index in [1.807, 2.05) is 32.0 Å². The van der Waals surface area contributed by atoms with E-state index < -0.39 is 0 Å². The van der Waals surface area contributed by atoms with Gasteiger partial charge in [0.05, 0.1) is 13.2 Å². The number of aliphatic imine (C=N–C) groups is 1. The second kappa shape index (κ2) is 10.2. The molecule has 0 spiro atoms. The van der Waals surface area contributed by atoms with Gasteiger partial charge in [0.2, 0.25) is 0 Å². The third kappa shape index (κ3) is 5.83. The molecular weight excluding hydrogens is 438 g/mol. The van der Waals surface area contributed by atoms with E-state index in [9.17, 15) is 4.39 Å². The number of hydrogen-bond acceptors (Lipinski definition) is 4. The SMILES string of the molecule is CCOc1ccc(CNC(=NC)N(C)Cc2ncnn2C)cc1F.I. The third-order valence-electron chi connectivity index (χ3n) is 3.50. The Bertz CT molecular complexity index is 706. The van der Waals surface area contributed by atoms with Crippen molar-refractivity contribution in [3.8, 4) is 5.75 Å². The van der Waals surface area contributed by atoms with E-state index in [2.05, 4.69) is 20.4 Å². The molecule has 7 nitrogen and oxygen atoms in total. The van der Waals surface area contributed by atoms with E-state index in [0.717, 1.165) is 11.4 Å². The summed E-state index contributed by atoms with van der Waals surface area (Å²) < 4.78 is 20.8. The summed E-state index contributed by atoms with van der Waals surface area (Å²) in [6, 6.07) is 4.94. The first-order chi connectivity index (χ1) is 11.5. The molecule has 0 aliphatic heterocycles. The van der Waals surface area contributed by atoms with Crippen LogP contribution in [-0.2, 0) is 20.1 Å². The molecule has 0 bridgehead atoms. The van der Waals surface area contributed by atoms with Crippen molar-refractivity contribution in [1.29, 1.82) is 0 Å². The van der Waals surface area contributed by atoms with Crippen LogP contribution in [0.2, 0.25) is 0 Å². The molecule has 0 unspecified atom stereocenters. The normalized spacial score (nSPS) is 11.0. The number of ether oxygens (including phenoxy) is 1. The van der Waals surface area contributed by atoms with E-state index in [0.29, 0.717) is 25.7 Å². The Labute approximate surface area is 164 Å². The van der Waals surface area contributed by atoms with Crippen LogP contribution >= 0.6 is 24.0 Å². The summed E-state index contributed by atoms with van der Waals surface area (Å²) in [5.74, 6) is 1.42. The Hall–Kier alpha value is -1.91. The number of guanidine groups is 1. The van der Waals surface area contributed by atoms with Crippen LogP contribution in [0.4, 0.5) is 4.39 Å². The Balaban J connectivity index is 0.00000312. The molecule has 0 aliphatic carbocycles. The van der Waals surface area contributed by atoms with Gasteiger partial charge in [0.15, 0.2) is 17.5 Å². The van der Waals surface area contributed by atoms with Crippen LogP contribution in [0.5, 0.6) is 5.75 Å². The van der Waals surface area contributed by atoms with Crippen molar-refractivity contribution >= 4 is 29.9 Å². The summed E-state index contributed by atoms with van der Waals surface area (Å²) in [6.45, 7) is 3.28. The van der Waals surface area contributed by atoms with Crippen molar-refractivity contribution in [1.82, 2.24) is 25.0 Å². The average Bonchev–Trinajstić information content (AvgIpc) is 2.95. The quantitative estimate of drug-likeness (QED) is 0.405. The van der Waals surface area contributed by atoms with Crippen LogP contribution in [0.1, 0.15) is 18.3 Å². The van der Waals surface area contributed by atoms with Crippen molar-refractivity contribution in [2.45, 2.75) is 20.0 Å². The molecule has 2 rings (SSSR count). The fraction of sp³-hybridized carbons (Fsp3) is 0.438. The van der Waals surface area contributed by atoms with Gasteiger partial charge in [-0.15, -0.1) is 24.0 Å². The molecule has 1 N–H and O–H groups in total. The number of aryl methyl sites for hydroxylation is 1. The largest absolute Gasteiger partial charge is 0.491 e. The number of nitrogens with one attached hydrogen (secondary N) is 1. The van der Waals surface area contributed by atoms with E-state index in [1.54, 1.807) is 17.8 Å². The maximum absolute atomic E-state index is 13.9. The minimum Gasteiger partial charge on any atom is -0.491 e. The van der Waals surface area contributed by atoms with Gasteiger partial charge < -0.3 is 15.0 Å². The highest BCUT2D eigenvalue weighted by Crippen LogP contribution is 2.18. The first kappa shape index (κ1) is 21.1. The highest BCUT2D eigenvalue weighted by molar-refractivity contribution is 14.0. The second-order valence-corrected chi connectivity index (χ2v) is 5.25. The van der Waals surface area contributed by atoms with Gasteiger partial charge in [0.25, 0.3) is 0 Å². The average molecular weight is 462 g/mol. The molecule has 0 saturated heterocycles. The molecule has 0 radical (unpaired) electrons. The predicted octanol–water partition coefficient (Wildman–Crippen LogP) is 2.18. The summed E-state index contributed by atoms with van der Waals surface area (Å²) in [4.78, 5) is 10.4. The summed E-state index contributed by atoms with van der Waals surface area (Å²) in [6.07, 6.45) is 1.52. The van der Waals surface area contributed by atoms with Gasteiger partial charge in [-0.1, -0.05) is 6.07 Å². The van der Waals surface area contributed by atoms with Gasteiger partial charge in [0.1, 0.15) is 12.2 Å². The number of aromatic nitrogens is 3. The Kier molecular flexibility index (Phi) is 8.59. The second-order valence-electron chi connectivity index (χ2n) is 5.25. The minimum atomic E-state index is -0.362. The van der Waals surface area contributed by atoms with Crippen molar-refractivity contribution in [2.24, 2.45) is 12.0 Å². The number of benzene rings is 1. The van der Waals surface area contributed by atoms with E-state index in [-0.39, 0.29) is 35.5 Å². The molecule has 1 aromatic heterocycles. The zero-order valence-corrected chi connectivity index (χ0v) is 17.2. The monoisotopic (exact) mass is 462 g/mol. The molecule has 25 heavy (non-hydrogen) atoms. The smallest absolute Gasteiger partial charge is 0.194 e. The predicted molar refractivity (Wildman–Crippen MR) is 106 cm³/mol. The van der Waals surface area contributed by atoms with E-state index in [4.69, 9.17) is 4.74 Å². The molecule has 1 heterocycles. The molecule has 1 aromatic carbocycles. The van der Waals surface area contributed by atoms with Crippen LogP contribution in [0, 0.1) is 5.82 Å². The lowest BCUT2D eigenvalue weighted by atomic mass is 10.2. The maximum atomic E-state index is 13.9. The zero-order valence-electron chi connectivity index (χ0n) is 14.9. The summed E-state index contributed by atoms with van der Waals surface area (Å²) >= 11 is 0. The molecule has 0 amide bonds. The van der Waals surface area contributed by atoms with Crippen LogP contribution < -0.4 is 10.1 Å². The Morgan fingerprint density at radius 1 is 1.44 bits per heavy atom. The van der Waals surface area contributed by atoms with Crippen molar-refractivity contribution in [3.63, 3.8) is 0 Å². The highest BCUT2D eigenvalue weighted by atomic mass is 127. The fourth-order valence-corrected chi connectivity index (χ4v) is 2.24. The lowest BCUT2D eigenvalue weighted by Crippen LogP contribution is -2.38. The van der Waals surface area contributed by atoms with Gasteiger partial charge in [0, 0.05) is 27.7 Å². The van der Waals surface area contributed by atoms with Crippen LogP contribution in [0.25, 0.3) is 0 Å². The number of nitrogens with zero attached hydrogens (tertiary/aromatic N) is 5. The van der Waals surface area contributed by atoms with Crippen molar-refractivity contribution < 1.29 is 9.13 Å². The first-order valence-electron chi connectivity index (χ1n) is 7.71. The molecule has 0 fully saturated rings. The van der Waals surface area contributed by atoms with Gasteiger partial charge >= 0.3 is 0 Å². The van der Waals surface area contributed by atoms with Gasteiger partial charge in [-0.05, 0) is 24.6 Å². The van der Waals surface area contributed by atoms with Gasteiger partial charge in [-0.2, -0.15) is 5.10 Å². The molecular formula is C16H24FIN6O. The molecule has 9 heteroatoms. The summed E-state index contributed by atoms with van der Waals surface area (Å²) in [5.41, 5.74) is 0.809. The van der Waals surface area contributed by atoms with Gasteiger partial charge in [-0.25, -0.2) is 9.37 Å². The van der Waals surface area contributed by atoms with Gasteiger partial charge in [-0.3, -0.25) is 9.67 Å². The molecule has 0 aliphatic rings. The maximum Gasteiger partial charge on any atom is 0.194 e. The summed E-state index contributed by atoms with van der Waals surface area (Å²) in [7, 11) is 5.45. The zero-order chi connectivity index (χ0) is 17.5. The lowest BCUT2D eigenvalue weighted by Gasteiger charge is -2.21. The lowest BCUT2D eigenvalue weighted by molar-refractivity contribution is 0.321. The highest BCUT2D eigenvalue weighted by Gasteiger charge is 2.10. The van der Waals surface area contributed by atoms with Crippen molar-refractivity contribution in [3.05, 3.63) is 41.7 Å². The number of halogens is 2. The number of hydrogen-bond donors (Lipinski definition) is 1. The topological polar surface area (TPSA) is 67.6 Å². The standard InChI is InChI=1S/C16H23FN6O.HI/c1-5-24-14-7-6-12(8-13(14)17)9-19-16(18-2)22(3)10-15-20-11-21-23(15)4;/h6-8,11H,5,9-10H2,1-4H3,(H,18,19);1H. The first-order valence-corrected chi connectivity index (χ1v) is 7.71. The van der Waals surface area contributed by atoms with Crippen LogP contribution in [0.15, 0.2) is 29.5 Å². The van der Waals surface area contributed by atoms with E-state index in [1.165, 1.54) is 12.4 Å². The Morgan fingerprint density at radius 2 is 2.20 bits per heavy atom. The van der Waals surface area contributed by atoms with E-state index >= 15 is 0 Å². The Morgan fingerprint density at radius 3 is 2.76 bits per heavy atom. The third-order valence-corrected chi connectivity index (χ3v) is 3.50. The summed E-state index contributed by atoms with van der Waals surface area (Å²) in [5, 5.41) is 7.25. The minimum absolute atomic E-state index is 0. The van der Waals surface area contributed by atoms with Crippen molar-refractivity contribution in [2.75, 3.05) is 20.7 Å². The molecule has 0 saturated carbocycles. The molecule has 138 valence electrons.